The van der Waals surface area contributed by atoms with Gasteiger partial charge in [0, 0.05) is 37.9 Å². The zero-order valence-electron chi connectivity index (χ0n) is 10.8. The number of carbonyl (C=O) groups excluding carboxylic acids is 1. The molecule has 2 aliphatic rings. The van der Waals surface area contributed by atoms with E-state index in [4.69, 9.17) is 4.52 Å². The number of Topliss-reactive ketones (excluding diaryl/α,β-unsaturated/α-hetero) is 1. The molecule has 5 nitrogen and oxygen atoms in total. The van der Waals surface area contributed by atoms with Gasteiger partial charge in [-0.2, -0.15) is 4.98 Å². The summed E-state index contributed by atoms with van der Waals surface area (Å²) in [4.78, 5) is 18.4. The summed E-state index contributed by atoms with van der Waals surface area (Å²) in [5.74, 6) is 1.84. The normalized spacial score (nSPS) is 28.6. The molecule has 0 aliphatic carbocycles. The Labute approximate surface area is 107 Å². The van der Waals surface area contributed by atoms with E-state index in [-0.39, 0.29) is 0 Å². The van der Waals surface area contributed by atoms with E-state index >= 15 is 0 Å². The van der Waals surface area contributed by atoms with Crippen LogP contribution < -0.4 is 0 Å². The highest BCUT2D eigenvalue weighted by atomic mass is 16.5. The Hall–Kier alpha value is -1.23. The molecule has 2 fully saturated rings. The van der Waals surface area contributed by atoms with E-state index in [1.807, 2.05) is 6.92 Å². The van der Waals surface area contributed by atoms with Gasteiger partial charge in [-0.3, -0.25) is 9.69 Å². The molecule has 1 aromatic rings. The van der Waals surface area contributed by atoms with Crippen LogP contribution in [0.4, 0.5) is 0 Å². The van der Waals surface area contributed by atoms with Crippen LogP contribution >= 0.6 is 0 Å². The third-order valence-electron chi connectivity index (χ3n) is 4.09. The van der Waals surface area contributed by atoms with Gasteiger partial charge >= 0.3 is 0 Å². The fourth-order valence-electron chi connectivity index (χ4n) is 3.30. The third kappa shape index (κ3) is 2.32. The molecule has 3 heterocycles. The van der Waals surface area contributed by atoms with Crippen LogP contribution in [0.3, 0.4) is 0 Å². The number of carbonyl (C=O) groups is 1. The lowest BCUT2D eigenvalue weighted by atomic mass is 9.83. The Morgan fingerprint density at radius 1 is 1.33 bits per heavy atom. The molecule has 0 amide bonds. The van der Waals surface area contributed by atoms with Crippen LogP contribution in [-0.2, 0) is 11.2 Å². The monoisotopic (exact) mass is 249 g/mol. The molecular weight excluding hydrogens is 230 g/mol. The number of rotatable bonds is 3. The lowest BCUT2D eigenvalue weighted by Crippen LogP contribution is -2.52. The van der Waals surface area contributed by atoms with Crippen LogP contribution in [0.2, 0.25) is 0 Å². The summed E-state index contributed by atoms with van der Waals surface area (Å²) in [5.41, 5.74) is 0. The van der Waals surface area contributed by atoms with Crippen LogP contribution in [-0.4, -0.2) is 39.5 Å². The van der Waals surface area contributed by atoms with Crippen LogP contribution in [0.25, 0.3) is 0 Å². The van der Waals surface area contributed by atoms with Crippen LogP contribution in [0.5, 0.6) is 0 Å². The summed E-state index contributed by atoms with van der Waals surface area (Å²) in [6.07, 6.45) is 5.84. The molecule has 98 valence electrons. The van der Waals surface area contributed by atoms with E-state index in [0.717, 1.165) is 38.6 Å². The smallest absolute Gasteiger partial charge is 0.227 e. The number of aromatic nitrogens is 2. The van der Waals surface area contributed by atoms with Crippen molar-refractivity contribution in [2.24, 2.45) is 0 Å². The Morgan fingerprint density at radius 2 is 2.06 bits per heavy atom. The molecule has 0 radical (unpaired) electrons. The Balaban J connectivity index is 1.63. The van der Waals surface area contributed by atoms with Crippen molar-refractivity contribution in [1.82, 2.24) is 15.0 Å². The van der Waals surface area contributed by atoms with Gasteiger partial charge in [0.1, 0.15) is 5.78 Å². The third-order valence-corrected chi connectivity index (χ3v) is 4.09. The van der Waals surface area contributed by atoms with Crippen molar-refractivity contribution in [1.29, 1.82) is 0 Å². The van der Waals surface area contributed by atoms with Crippen LogP contribution in [0.15, 0.2) is 4.52 Å². The fraction of sp³-hybridized carbons (Fsp3) is 0.769. The average molecular weight is 249 g/mol. The van der Waals surface area contributed by atoms with Crippen LogP contribution in [0, 0.1) is 6.92 Å². The molecule has 1 aromatic heterocycles. The number of nitrogens with zero attached hydrogens (tertiary/aromatic N) is 3. The Bertz CT molecular complexity index is 427. The largest absolute Gasteiger partial charge is 0.339 e. The molecule has 2 unspecified atom stereocenters. The first-order chi connectivity index (χ1) is 8.72. The van der Waals surface area contributed by atoms with Gasteiger partial charge in [0.05, 0.1) is 0 Å². The predicted molar refractivity (Wildman–Crippen MR) is 65.1 cm³/mol. The SMILES string of the molecule is Cc1noc(CCN2C3CCCC2CC(=O)C3)n1. The van der Waals surface area contributed by atoms with Crippen LogP contribution in [0.1, 0.15) is 43.8 Å². The van der Waals surface area contributed by atoms with E-state index in [9.17, 15) is 4.79 Å². The standard InChI is InChI=1S/C13H19N3O2/c1-9-14-13(18-15-9)5-6-16-10-3-2-4-11(16)8-12(17)7-10/h10-11H,2-8H2,1H3. The van der Waals surface area contributed by atoms with E-state index in [0.29, 0.717) is 29.6 Å². The predicted octanol–water partition coefficient (Wildman–Crippen LogP) is 1.51. The highest BCUT2D eigenvalue weighted by Crippen LogP contribution is 2.32. The summed E-state index contributed by atoms with van der Waals surface area (Å²) < 4.78 is 5.14. The van der Waals surface area contributed by atoms with Crippen molar-refractivity contribution in [3.05, 3.63) is 11.7 Å². The number of fused-ring (bicyclic) bond motifs is 2. The zero-order valence-corrected chi connectivity index (χ0v) is 10.8. The van der Waals surface area contributed by atoms with Gasteiger partial charge < -0.3 is 4.52 Å². The molecule has 2 aliphatic heterocycles. The van der Waals surface area contributed by atoms with Gasteiger partial charge in [-0.1, -0.05) is 11.6 Å². The van der Waals surface area contributed by atoms with Gasteiger partial charge in [-0.15, -0.1) is 0 Å². The second-order valence-electron chi connectivity index (χ2n) is 5.41. The number of hydrogen-bond donors (Lipinski definition) is 0. The second kappa shape index (κ2) is 4.80. The maximum Gasteiger partial charge on any atom is 0.227 e. The average Bonchev–Trinajstić information content (AvgIpc) is 2.72. The molecular formula is C13H19N3O2. The van der Waals surface area contributed by atoms with Crippen molar-refractivity contribution in [3.8, 4) is 0 Å². The van der Waals surface area contributed by atoms with Crippen molar-refractivity contribution >= 4 is 5.78 Å². The molecule has 5 heteroatoms. The van der Waals surface area contributed by atoms with E-state index < -0.39 is 0 Å². The number of piperidine rings is 2. The van der Waals surface area contributed by atoms with Crippen molar-refractivity contribution in [3.63, 3.8) is 0 Å². The second-order valence-corrected chi connectivity index (χ2v) is 5.41. The Morgan fingerprint density at radius 3 is 2.67 bits per heavy atom. The number of aryl methyl sites for hydroxylation is 1. The minimum absolute atomic E-state index is 0.439. The molecule has 2 atom stereocenters. The van der Waals surface area contributed by atoms with Crippen molar-refractivity contribution < 1.29 is 9.32 Å². The summed E-state index contributed by atoms with van der Waals surface area (Å²) in [5, 5.41) is 3.81. The lowest BCUT2D eigenvalue weighted by Gasteiger charge is -2.45. The molecule has 0 spiro atoms. The van der Waals surface area contributed by atoms with E-state index in [1.165, 1.54) is 6.42 Å². The van der Waals surface area contributed by atoms with Gasteiger partial charge in [0.25, 0.3) is 0 Å². The molecule has 0 aromatic carbocycles. The van der Waals surface area contributed by atoms with Gasteiger partial charge in [-0.25, -0.2) is 0 Å². The lowest BCUT2D eigenvalue weighted by molar-refractivity contribution is -0.127. The summed E-state index contributed by atoms with van der Waals surface area (Å²) in [6, 6.07) is 0.906. The maximum absolute atomic E-state index is 11.6. The Kier molecular flexibility index (Phi) is 3.16. The topological polar surface area (TPSA) is 59.2 Å². The minimum Gasteiger partial charge on any atom is -0.339 e. The molecule has 18 heavy (non-hydrogen) atoms. The molecule has 0 N–H and O–H groups in total. The molecule has 3 rings (SSSR count). The fourth-order valence-corrected chi connectivity index (χ4v) is 3.30. The highest BCUT2D eigenvalue weighted by Gasteiger charge is 2.37. The first kappa shape index (κ1) is 11.8. The summed E-state index contributed by atoms with van der Waals surface area (Å²) in [7, 11) is 0. The van der Waals surface area contributed by atoms with Gasteiger partial charge in [0.2, 0.25) is 5.89 Å². The van der Waals surface area contributed by atoms with E-state index in [1.54, 1.807) is 0 Å². The van der Waals surface area contributed by atoms with Crippen molar-refractivity contribution in [2.75, 3.05) is 6.54 Å². The first-order valence-electron chi connectivity index (χ1n) is 6.79. The number of ketones is 1. The quantitative estimate of drug-likeness (QED) is 0.812. The van der Waals surface area contributed by atoms with Crippen molar-refractivity contribution in [2.45, 2.75) is 57.5 Å². The van der Waals surface area contributed by atoms with Gasteiger partial charge in [0.15, 0.2) is 5.82 Å². The molecule has 2 saturated heterocycles. The molecule has 0 saturated carbocycles. The van der Waals surface area contributed by atoms with E-state index in [2.05, 4.69) is 15.0 Å². The summed E-state index contributed by atoms with van der Waals surface area (Å²) >= 11 is 0. The zero-order chi connectivity index (χ0) is 12.5. The highest BCUT2D eigenvalue weighted by molar-refractivity contribution is 5.80. The molecule has 2 bridgehead atoms. The first-order valence-corrected chi connectivity index (χ1v) is 6.79. The summed E-state index contributed by atoms with van der Waals surface area (Å²) in [6.45, 7) is 2.77. The number of hydrogen-bond acceptors (Lipinski definition) is 5. The minimum atomic E-state index is 0.439. The van der Waals surface area contributed by atoms with Gasteiger partial charge in [-0.05, 0) is 19.8 Å². The maximum atomic E-state index is 11.6.